The third kappa shape index (κ3) is 4.01. The second-order valence-corrected chi connectivity index (χ2v) is 6.66. The van der Waals surface area contributed by atoms with Gasteiger partial charge in [-0.2, -0.15) is 0 Å². The van der Waals surface area contributed by atoms with E-state index in [1.54, 1.807) is 30.3 Å². The number of nitrogens with zero attached hydrogens (tertiary/aromatic N) is 4. The van der Waals surface area contributed by atoms with Gasteiger partial charge >= 0.3 is 5.97 Å². The van der Waals surface area contributed by atoms with Crippen LogP contribution >= 0.6 is 0 Å². The number of hydrogen-bond donors (Lipinski definition) is 3. The fraction of sp³-hybridized carbons (Fsp3) is 0.0952. The standard InChI is InChI=1S/C21H17N5O4/c27-19(14-3-5-15(6-4-14)21(29)30)16-7-1-13-2-8-17(10-18(13)9-16)20(28)22-11-26-12-23-24-25-26/h1-10,12,19,27H,11H2,(H,22,28)(H,29,30). The highest BCUT2D eigenvalue weighted by atomic mass is 16.4. The number of aromatic nitrogens is 4. The number of benzene rings is 3. The monoisotopic (exact) mass is 403 g/mol. The Hall–Kier alpha value is -4.11. The van der Waals surface area contributed by atoms with Crippen molar-refractivity contribution in [3.05, 3.63) is 89.2 Å². The zero-order valence-corrected chi connectivity index (χ0v) is 15.6. The fourth-order valence-electron chi connectivity index (χ4n) is 3.08. The van der Waals surface area contributed by atoms with Gasteiger partial charge in [-0.15, -0.1) is 5.10 Å². The molecule has 1 amide bonds. The van der Waals surface area contributed by atoms with Crippen LogP contribution < -0.4 is 5.32 Å². The van der Waals surface area contributed by atoms with E-state index in [0.717, 1.165) is 10.8 Å². The van der Waals surface area contributed by atoms with E-state index in [9.17, 15) is 14.7 Å². The molecule has 0 aliphatic rings. The number of fused-ring (bicyclic) bond motifs is 1. The molecule has 0 saturated carbocycles. The predicted octanol–water partition coefficient (Wildman–Crippen LogP) is 1.99. The lowest BCUT2D eigenvalue weighted by Gasteiger charge is -2.13. The summed E-state index contributed by atoms with van der Waals surface area (Å²) in [5.74, 6) is -1.30. The number of carbonyl (C=O) groups excluding carboxylic acids is 1. The van der Waals surface area contributed by atoms with Gasteiger partial charge in [0.2, 0.25) is 0 Å². The first-order chi connectivity index (χ1) is 14.5. The van der Waals surface area contributed by atoms with Gasteiger partial charge < -0.3 is 15.5 Å². The van der Waals surface area contributed by atoms with Gasteiger partial charge in [-0.1, -0.05) is 30.3 Å². The minimum absolute atomic E-state index is 0.148. The Bertz CT molecular complexity index is 1210. The molecule has 0 spiro atoms. The summed E-state index contributed by atoms with van der Waals surface area (Å²) in [6, 6.07) is 16.8. The average molecular weight is 403 g/mol. The van der Waals surface area contributed by atoms with Crippen LogP contribution in [0.5, 0.6) is 0 Å². The number of carboxylic acid groups (broad SMARTS) is 1. The molecular formula is C21H17N5O4. The highest BCUT2D eigenvalue weighted by Gasteiger charge is 2.13. The van der Waals surface area contributed by atoms with Crippen molar-refractivity contribution in [2.45, 2.75) is 12.8 Å². The van der Waals surface area contributed by atoms with Gasteiger partial charge in [0.1, 0.15) is 19.1 Å². The molecule has 0 aliphatic carbocycles. The summed E-state index contributed by atoms with van der Waals surface area (Å²) in [6.07, 6.45) is 0.478. The second kappa shape index (κ2) is 8.10. The van der Waals surface area contributed by atoms with Crippen molar-refractivity contribution in [2.75, 3.05) is 0 Å². The van der Waals surface area contributed by atoms with Gasteiger partial charge in [-0.05, 0) is 62.7 Å². The smallest absolute Gasteiger partial charge is 0.335 e. The summed E-state index contributed by atoms with van der Waals surface area (Å²) in [6.45, 7) is 0.148. The van der Waals surface area contributed by atoms with Gasteiger partial charge in [0.15, 0.2) is 0 Å². The minimum Gasteiger partial charge on any atom is -0.478 e. The van der Waals surface area contributed by atoms with Crippen LogP contribution in [0.15, 0.2) is 67.0 Å². The summed E-state index contributed by atoms with van der Waals surface area (Å²) < 4.78 is 1.39. The number of nitrogens with one attached hydrogen (secondary N) is 1. The number of aliphatic hydroxyl groups excluding tert-OH is 1. The first-order valence-corrected chi connectivity index (χ1v) is 9.05. The first-order valence-electron chi connectivity index (χ1n) is 9.05. The molecule has 150 valence electrons. The molecule has 30 heavy (non-hydrogen) atoms. The van der Waals surface area contributed by atoms with Gasteiger partial charge in [-0.3, -0.25) is 4.79 Å². The van der Waals surface area contributed by atoms with Crippen LogP contribution in [0, 0.1) is 0 Å². The summed E-state index contributed by atoms with van der Waals surface area (Å²) in [5.41, 5.74) is 1.83. The first kappa shape index (κ1) is 19.2. The number of rotatable bonds is 6. The Balaban J connectivity index is 1.56. The molecule has 0 radical (unpaired) electrons. The van der Waals surface area contributed by atoms with E-state index in [4.69, 9.17) is 5.11 Å². The zero-order valence-electron chi connectivity index (χ0n) is 15.6. The summed E-state index contributed by atoms with van der Waals surface area (Å²) >= 11 is 0. The van der Waals surface area contributed by atoms with Crippen LogP contribution in [0.2, 0.25) is 0 Å². The third-order valence-electron chi connectivity index (χ3n) is 4.71. The lowest BCUT2D eigenvalue weighted by Crippen LogP contribution is -2.26. The van der Waals surface area contributed by atoms with E-state index < -0.39 is 12.1 Å². The molecule has 1 heterocycles. The largest absolute Gasteiger partial charge is 0.478 e. The quantitative estimate of drug-likeness (QED) is 0.449. The Labute approximate surface area is 170 Å². The van der Waals surface area contributed by atoms with E-state index in [1.807, 2.05) is 18.2 Å². The maximum atomic E-state index is 12.4. The molecule has 9 heteroatoms. The predicted molar refractivity (Wildman–Crippen MR) is 107 cm³/mol. The van der Waals surface area contributed by atoms with E-state index in [0.29, 0.717) is 16.7 Å². The molecule has 1 unspecified atom stereocenters. The van der Waals surface area contributed by atoms with E-state index in [2.05, 4.69) is 20.8 Å². The molecule has 4 rings (SSSR count). The number of tetrazole rings is 1. The summed E-state index contributed by atoms with van der Waals surface area (Å²) in [5, 5.41) is 34.9. The topological polar surface area (TPSA) is 130 Å². The van der Waals surface area contributed by atoms with Gasteiger partial charge in [0, 0.05) is 5.56 Å². The van der Waals surface area contributed by atoms with Gasteiger partial charge in [0.05, 0.1) is 5.56 Å². The highest BCUT2D eigenvalue weighted by Crippen LogP contribution is 2.26. The van der Waals surface area contributed by atoms with Crippen molar-refractivity contribution >= 4 is 22.6 Å². The number of aromatic carboxylic acids is 1. The Morgan fingerprint density at radius 3 is 2.33 bits per heavy atom. The van der Waals surface area contributed by atoms with Crippen LogP contribution in [-0.4, -0.2) is 42.3 Å². The Morgan fingerprint density at radius 2 is 1.63 bits per heavy atom. The van der Waals surface area contributed by atoms with Gasteiger partial charge in [0.25, 0.3) is 5.91 Å². The highest BCUT2D eigenvalue weighted by molar-refractivity contribution is 5.98. The number of hydrogen-bond acceptors (Lipinski definition) is 6. The van der Waals surface area contributed by atoms with Crippen molar-refractivity contribution in [1.29, 1.82) is 0 Å². The second-order valence-electron chi connectivity index (χ2n) is 6.66. The van der Waals surface area contributed by atoms with E-state index in [1.165, 1.54) is 23.1 Å². The molecule has 0 fully saturated rings. The molecule has 4 aromatic rings. The summed E-state index contributed by atoms with van der Waals surface area (Å²) in [7, 11) is 0. The minimum atomic E-state index is -1.02. The van der Waals surface area contributed by atoms with E-state index >= 15 is 0 Å². The van der Waals surface area contributed by atoms with Crippen molar-refractivity contribution < 1.29 is 19.8 Å². The van der Waals surface area contributed by atoms with Gasteiger partial charge in [-0.25, -0.2) is 9.48 Å². The van der Waals surface area contributed by atoms with Crippen LogP contribution in [0.1, 0.15) is 37.9 Å². The molecular weight excluding hydrogens is 386 g/mol. The summed E-state index contributed by atoms with van der Waals surface area (Å²) in [4.78, 5) is 23.4. The average Bonchev–Trinajstić information content (AvgIpc) is 3.30. The normalized spacial score (nSPS) is 11.9. The van der Waals surface area contributed by atoms with Crippen molar-refractivity contribution in [2.24, 2.45) is 0 Å². The maximum Gasteiger partial charge on any atom is 0.335 e. The molecule has 0 bridgehead atoms. The molecule has 9 nitrogen and oxygen atoms in total. The number of carbonyl (C=O) groups is 2. The van der Waals surface area contributed by atoms with Crippen molar-refractivity contribution in [1.82, 2.24) is 25.5 Å². The van der Waals surface area contributed by atoms with Crippen molar-refractivity contribution in [3.8, 4) is 0 Å². The zero-order chi connectivity index (χ0) is 21.1. The fourth-order valence-corrected chi connectivity index (χ4v) is 3.08. The van der Waals surface area contributed by atoms with Crippen LogP contribution in [0.3, 0.4) is 0 Å². The molecule has 3 N–H and O–H groups in total. The third-order valence-corrected chi connectivity index (χ3v) is 4.71. The number of carboxylic acids is 1. The molecule has 0 saturated heterocycles. The van der Waals surface area contributed by atoms with Crippen LogP contribution in [0.25, 0.3) is 10.8 Å². The molecule has 1 aromatic heterocycles. The SMILES string of the molecule is O=C(O)c1ccc(C(O)c2ccc3ccc(C(=O)NCn4cnnn4)cc3c2)cc1. The number of amides is 1. The van der Waals surface area contributed by atoms with Crippen molar-refractivity contribution in [3.63, 3.8) is 0 Å². The molecule has 0 aliphatic heterocycles. The molecule has 3 aromatic carbocycles. The number of aliphatic hydroxyl groups is 1. The maximum absolute atomic E-state index is 12.4. The van der Waals surface area contributed by atoms with Crippen LogP contribution in [0.4, 0.5) is 0 Å². The Kier molecular flexibility index (Phi) is 5.19. The Morgan fingerprint density at radius 1 is 0.933 bits per heavy atom. The molecule has 1 atom stereocenters. The van der Waals surface area contributed by atoms with Crippen LogP contribution in [-0.2, 0) is 6.67 Å². The lowest BCUT2D eigenvalue weighted by molar-refractivity contribution is 0.0696. The van der Waals surface area contributed by atoms with E-state index in [-0.39, 0.29) is 18.1 Å². The lowest BCUT2D eigenvalue weighted by atomic mass is 9.97.